The highest BCUT2D eigenvalue weighted by molar-refractivity contribution is 5.91. The molecule has 0 aromatic carbocycles. The fraction of sp³-hybridized carbons (Fsp3) is 0.533. The average molecular weight is 275 g/mol. The Balaban J connectivity index is 2.91. The molecule has 0 saturated heterocycles. The number of nitrogens with zero attached hydrogens (tertiary/aromatic N) is 3. The summed E-state index contributed by atoms with van der Waals surface area (Å²) in [5.74, 6) is -0.886. The monoisotopic (exact) mass is 275 g/mol. The number of carboxylic acids is 1. The minimum Gasteiger partial charge on any atom is -0.478 e. The minimum atomic E-state index is -0.957. The van der Waals surface area contributed by atoms with E-state index in [1.165, 1.54) is 6.20 Å². The summed E-state index contributed by atoms with van der Waals surface area (Å²) in [5.41, 5.74) is 3.45. The normalized spacial score (nSPS) is 12.3. The lowest BCUT2D eigenvalue weighted by molar-refractivity contribution is 0.0694. The number of aryl methyl sites for hydroxylation is 1. The van der Waals surface area contributed by atoms with Crippen LogP contribution in [0, 0.1) is 6.92 Å². The summed E-state index contributed by atoms with van der Waals surface area (Å²) >= 11 is 0. The van der Waals surface area contributed by atoms with Crippen molar-refractivity contribution in [3.8, 4) is 0 Å². The second-order valence-corrected chi connectivity index (χ2v) is 6.46. The van der Waals surface area contributed by atoms with Gasteiger partial charge >= 0.3 is 5.97 Å². The van der Waals surface area contributed by atoms with E-state index < -0.39 is 5.97 Å². The zero-order chi connectivity index (χ0) is 15.2. The molecule has 0 aliphatic carbocycles. The Kier molecular flexibility index (Phi) is 3.32. The summed E-state index contributed by atoms with van der Waals surface area (Å²) in [7, 11) is 0. The molecule has 0 saturated carbocycles. The highest BCUT2D eigenvalue weighted by atomic mass is 16.4. The van der Waals surface area contributed by atoms with Gasteiger partial charge < -0.3 is 5.11 Å². The molecule has 2 aromatic heterocycles. The van der Waals surface area contributed by atoms with Crippen LogP contribution in [0.1, 0.15) is 67.8 Å². The second-order valence-electron chi connectivity index (χ2n) is 6.46. The first-order valence-electron chi connectivity index (χ1n) is 6.76. The minimum absolute atomic E-state index is 0.0706. The van der Waals surface area contributed by atoms with Crippen LogP contribution in [0.25, 0.3) is 5.65 Å². The first kappa shape index (κ1) is 14.5. The number of fused-ring (bicyclic) bond motifs is 1. The fourth-order valence-electron chi connectivity index (χ4n) is 2.71. The summed E-state index contributed by atoms with van der Waals surface area (Å²) in [6.07, 6.45) is 1.43. The molecule has 2 aromatic rings. The average Bonchev–Trinajstić information content (AvgIpc) is 2.61. The number of hydrogen-bond acceptors (Lipinski definition) is 3. The second kappa shape index (κ2) is 4.58. The largest absolute Gasteiger partial charge is 0.478 e. The van der Waals surface area contributed by atoms with E-state index >= 15 is 0 Å². The molecule has 0 atom stereocenters. The summed E-state index contributed by atoms with van der Waals surface area (Å²) in [4.78, 5) is 16.0. The van der Waals surface area contributed by atoms with Gasteiger partial charge in [0.25, 0.3) is 0 Å². The van der Waals surface area contributed by atoms with Crippen LogP contribution < -0.4 is 0 Å². The highest BCUT2D eigenvalue weighted by Crippen LogP contribution is 2.30. The molecule has 1 N–H and O–H groups in total. The van der Waals surface area contributed by atoms with Crippen molar-refractivity contribution in [1.82, 2.24) is 14.6 Å². The molecule has 0 unspecified atom stereocenters. The lowest BCUT2D eigenvalue weighted by Gasteiger charge is -2.19. The van der Waals surface area contributed by atoms with Gasteiger partial charge in [0.1, 0.15) is 0 Å². The van der Waals surface area contributed by atoms with E-state index in [4.69, 9.17) is 0 Å². The van der Waals surface area contributed by atoms with E-state index in [-0.39, 0.29) is 16.9 Å². The quantitative estimate of drug-likeness (QED) is 0.914. The van der Waals surface area contributed by atoms with Gasteiger partial charge in [-0.3, -0.25) is 0 Å². The van der Waals surface area contributed by atoms with Crippen molar-refractivity contribution >= 4 is 11.6 Å². The summed E-state index contributed by atoms with van der Waals surface area (Å²) < 4.78 is 1.79. The SMILES string of the molecule is Cc1nc2c(C(C)C)c(C(=O)O)cnn2c1C(C)(C)C. The maximum atomic E-state index is 11.4. The maximum Gasteiger partial charge on any atom is 0.337 e. The van der Waals surface area contributed by atoms with Gasteiger partial charge in [-0.1, -0.05) is 34.6 Å². The number of imidazole rings is 1. The van der Waals surface area contributed by atoms with E-state index in [1.54, 1.807) is 4.52 Å². The zero-order valence-electron chi connectivity index (χ0n) is 12.9. The lowest BCUT2D eigenvalue weighted by atomic mass is 9.91. The molecular weight excluding hydrogens is 254 g/mol. The third kappa shape index (κ3) is 2.17. The van der Waals surface area contributed by atoms with Gasteiger partial charge in [-0.15, -0.1) is 0 Å². The van der Waals surface area contributed by atoms with Crippen molar-refractivity contribution in [2.45, 2.75) is 52.9 Å². The van der Waals surface area contributed by atoms with Crippen LogP contribution in [0.4, 0.5) is 0 Å². The molecule has 5 heteroatoms. The van der Waals surface area contributed by atoms with Crippen LogP contribution in [0.3, 0.4) is 0 Å². The van der Waals surface area contributed by atoms with Gasteiger partial charge in [-0.05, 0) is 12.8 Å². The smallest absolute Gasteiger partial charge is 0.337 e. The van der Waals surface area contributed by atoms with Gasteiger partial charge in [0.15, 0.2) is 5.65 Å². The number of carboxylic acid groups (broad SMARTS) is 1. The molecule has 2 heterocycles. The van der Waals surface area contributed by atoms with E-state index in [0.717, 1.165) is 17.0 Å². The van der Waals surface area contributed by atoms with Gasteiger partial charge in [0, 0.05) is 11.0 Å². The number of aromatic carboxylic acids is 1. The van der Waals surface area contributed by atoms with E-state index in [1.807, 2.05) is 20.8 Å². The molecule has 0 fully saturated rings. The standard InChI is InChI=1S/C15H21N3O2/c1-8(2)11-10(14(19)20)7-16-18-12(15(4,5)6)9(3)17-13(11)18/h7-8H,1-6H3,(H,19,20). The Hall–Kier alpha value is -1.91. The first-order chi connectivity index (χ1) is 9.14. The Bertz CT molecular complexity index is 678. The van der Waals surface area contributed by atoms with Crippen molar-refractivity contribution in [2.24, 2.45) is 0 Å². The van der Waals surface area contributed by atoms with Gasteiger partial charge in [-0.2, -0.15) is 5.10 Å². The molecule has 5 nitrogen and oxygen atoms in total. The topological polar surface area (TPSA) is 67.5 Å². The van der Waals surface area contributed by atoms with Gasteiger partial charge in [0.2, 0.25) is 0 Å². The van der Waals surface area contributed by atoms with Crippen LogP contribution in [0.15, 0.2) is 6.20 Å². The molecule has 0 aliphatic rings. The molecule has 0 bridgehead atoms. The fourth-order valence-corrected chi connectivity index (χ4v) is 2.71. The van der Waals surface area contributed by atoms with Crippen LogP contribution in [0.5, 0.6) is 0 Å². The van der Waals surface area contributed by atoms with Crippen molar-refractivity contribution in [2.75, 3.05) is 0 Å². The molecule has 0 spiro atoms. The highest BCUT2D eigenvalue weighted by Gasteiger charge is 2.27. The third-order valence-electron chi connectivity index (χ3n) is 3.38. The molecular formula is C15H21N3O2. The van der Waals surface area contributed by atoms with E-state index in [0.29, 0.717) is 5.65 Å². The maximum absolute atomic E-state index is 11.4. The summed E-state index contributed by atoms with van der Waals surface area (Å²) in [5, 5.41) is 13.6. The number of hydrogen-bond donors (Lipinski definition) is 1. The van der Waals surface area contributed by atoms with Crippen molar-refractivity contribution < 1.29 is 9.90 Å². The van der Waals surface area contributed by atoms with Crippen LogP contribution in [-0.4, -0.2) is 25.7 Å². The van der Waals surface area contributed by atoms with Gasteiger partial charge in [0.05, 0.1) is 23.1 Å². The molecule has 0 radical (unpaired) electrons. The first-order valence-corrected chi connectivity index (χ1v) is 6.76. The van der Waals surface area contributed by atoms with Crippen molar-refractivity contribution in [3.63, 3.8) is 0 Å². The number of aromatic nitrogens is 3. The van der Waals surface area contributed by atoms with Crippen LogP contribution in [-0.2, 0) is 5.41 Å². The zero-order valence-corrected chi connectivity index (χ0v) is 12.9. The predicted molar refractivity (Wildman–Crippen MR) is 77.5 cm³/mol. The lowest BCUT2D eigenvalue weighted by Crippen LogP contribution is -2.18. The summed E-state index contributed by atoms with van der Waals surface area (Å²) in [6, 6.07) is 0. The number of carbonyl (C=O) groups is 1. The molecule has 108 valence electrons. The molecule has 20 heavy (non-hydrogen) atoms. The van der Waals surface area contributed by atoms with E-state index in [2.05, 4.69) is 30.9 Å². The Morgan fingerprint density at radius 2 is 1.95 bits per heavy atom. The number of rotatable bonds is 2. The summed E-state index contributed by atoms with van der Waals surface area (Å²) in [6.45, 7) is 12.2. The van der Waals surface area contributed by atoms with Crippen LogP contribution >= 0.6 is 0 Å². The van der Waals surface area contributed by atoms with Gasteiger partial charge in [-0.25, -0.2) is 14.3 Å². The molecule has 0 amide bonds. The predicted octanol–water partition coefficient (Wildman–Crippen LogP) is 3.16. The van der Waals surface area contributed by atoms with Crippen molar-refractivity contribution in [1.29, 1.82) is 0 Å². The van der Waals surface area contributed by atoms with Crippen molar-refractivity contribution in [3.05, 3.63) is 28.7 Å². The Morgan fingerprint density at radius 1 is 1.35 bits per heavy atom. The Labute approximate surface area is 118 Å². The van der Waals surface area contributed by atoms with E-state index in [9.17, 15) is 9.90 Å². The third-order valence-corrected chi connectivity index (χ3v) is 3.38. The Morgan fingerprint density at radius 3 is 2.40 bits per heavy atom. The molecule has 2 rings (SSSR count). The molecule has 0 aliphatic heterocycles. The van der Waals surface area contributed by atoms with Crippen LogP contribution in [0.2, 0.25) is 0 Å².